The molecule has 0 amide bonds. The average Bonchev–Trinajstić information content (AvgIpc) is 2.82. The first kappa shape index (κ1) is 16.5. The van der Waals surface area contributed by atoms with Gasteiger partial charge in [-0.2, -0.15) is 5.10 Å². The van der Waals surface area contributed by atoms with E-state index in [1.54, 1.807) is 0 Å². The molecule has 0 spiro atoms. The van der Waals surface area contributed by atoms with Crippen molar-refractivity contribution in [3.05, 3.63) is 47.3 Å². The molecule has 1 aromatic carbocycles. The molecule has 0 bridgehead atoms. The lowest BCUT2D eigenvalue weighted by Gasteiger charge is -2.10. The Morgan fingerprint density at radius 2 is 2.00 bits per heavy atom. The molecule has 1 aromatic heterocycles. The van der Waals surface area contributed by atoms with E-state index in [1.165, 1.54) is 18.4 Å². The van der Waals surface area contributed by atoms with E-state index in [0.717, 1.165) is 23.4 Å². The maximum atomic E-state index is 5.34. The highest BCUT2D eigenvalue weighted by molar-refractivity contribution is 7.80. The van der Waals surface area contributed by atoms with Crippen molar-refractivity contribution in [2.75, 3.05) is 5.32 Å². The summed E-state index contributed by atoms with van der Waals surface area (Å²) >= 11 is 5.34. The molecule has 0 radical (unpaired) electrons. The third-order valence-electron chi connectivity index (χ3n) is 3.59. The highest BCUT2D eigenvalue weighted by Gasteiger charge is 2.04. The Morgan fingerprint density at radius 3 is 2.59 bits per heavy atom. The predicted octanol–water partition coefficient (Wildman–Crippen LogP) is 3.56. The van der Waals surface area contributed by atoms with Crippen LogP contribution in [-0.4, -0.2) is 14.9 Å². The van der Waals surface area contributed by atoms with E-state index >= 15 is 0 Å². The Hall–Kier alpha value is -1.88. The van der Waals surface area contributed by atoms with Gasteiger partial charge >= 0.3 is 0 Å². The average molecular weight is 316 g/mol. The standard InChI is InChI=1S/C17H24N4S/c1-4-5-6-14-7-9-16(10-8-14)19-17(22)18-11-15-12-21(3)20-13(15)2/h7-10,12H,4-6,11H2,1-3H3,(H2,18,19,22). The number of hydrogen-bond acceptors (Lipinski definition) is 2. The van der Waals surface area contributed by atoms with Crippen LogP contribution in [0.15, 0.2) is 30.5 Å². The highest BCUT2D eigenvalue weighted by atomic mass is 32.1. The van der Waals surface area contributed by atoms with E-state index in [2.05, 4.69) is 46.9 Å². The molecule has 1 heterocycles. The van der Waals surface area contributed by atoms with Crippen LogP contribution in [0.2, 0.25) is 0 Å². The van der Waals surface area contributed by atoms with Crippen molar-refractivity contribution in [3.63, 3.8) is 0 Å². The third-order valence-corrected chi connectivity index (χ3v) is 3.83. The van der Waals surface area contributed by atoms with Crippen LogP contribution in [0, 0.1) is 6.92 Å². The number of aromatic nitrogens is 2. The number of unbranched alkanes of at least 4 members (excludes halogenated alkanes) is 1. The lowest BCUT2D eigenvalue weighted by molar-refractivity contribution is 0.756. The maximum Gasteiger partial charge on any atom is 0.171 e. The number of thiocarbonyl (C=S) groups is 1. The molecule has 5 heteroatoms. The van der Waals surface area contributed by atoms with Crippen molar-refractivity contribution in [1.82, 2.24) is 15.1 Å². The first-order valence-corrected chi connectivity index (χ1v) is 8.12. The van der Waals surface area contributed by atoms with Crippen LogP contribution < -0.4 is 10.6 Å². The van der Waals surface area contributed by atoms with Gasteiger partial charge in [0.05, 0.1) is 5.69 Å². The Kier molecular flexibility index (Phi) is 5.95. The largest absolute Gasteiger partial charge is 0.358 e. The van der Waals surface area contributed by atoms with E-state index in [9.17, 15) is 0 Å². The monoisotopic (exact) mass is 316 g/mol. The minimum atomic E-state index is 0.629. The summed E-state index contributed by atoms with van der Waals surface area (Å²) in [6, 6.07) is 8.47. The molecule has 2 N–H and O–H groups in total. The summed E-state index contributed by atoms with van der Waals surface area (Å²) in [6.07, 6.45) is 5.60. The molecule has 0 aliphatic carbocycles. The zero-order valence-electron chi connectivity index (χ0n) is 13.5. The van der Waals surface area contributed by atoms with Crippen molar-refractivity contribution in [2.24, 2.45) is 7.05 Å². The molecule has 0 saturated heterocycles. The number of hydrogen-bond donors (Lipinski definition) is 2. The molecular formula is C17H24N4S. The van der Waals surface area contributed by atoms with Crippen LogP contribution in [0.4, 0.5) is 5.69 Å². The van der Waals surface area contributed by atoms with Gasteiger partial charge in [-0.1, -0.05) is 25.5 Å². The van der Waals surface area contributed by atoms with Gasteiger partial charge in [0.2, 0.25) is 0 Å². The fourth-order valence-electron chi connectivity index (χ4n) is 2.31. The molecule has 0 saturated carbocycles. The van der Waals surface area contributed by atoms with Gasteiger partial charge in [0, 0.05) is 31.0 Å². The fraction of sp³-hybridized carbons (Fsp3) is 0.412. The number of nitrogens with one attached hydrogen (secondary N) is 2. The normalized spacial score (nSPS) is 10.5. The lowest BCUT2D eigenvalue weighted by atomic mass is 10.1. The summed E-state index contributed by atoms with van der Waals surface area (Å²) in [6.45, 7) is 4.90. The summed E-state index contributed by atoms with van der Waals surface area (Å²) < 4.78 is 1.82. The van der Waals surface area contributed by atoms with E-state index in [0.29, 0.717) is 11.7 Å². The van der Waals surface area contributed by atoms with Crippen molar-refractivity contribution < 1.29 is 0 Å². The smallest absolute Gasteiger partial charge is 0.171 e. The molecule has 0 fully saturated rings. The molecule has 0 aliphatic rings. The van der Waals surface area contributed by atoms with Gasteiger partial charge in [0.25, 0.3) is 0 Å². The summed E-state index contributed by atoms with van der Waals surface area (Å²) in [5.74, 6) is 0. The van der Waals surface area contributed by atoms with E-state index in [1.807, 2.05) is 24.9 Å². The minimum Gasteiger partial charge on any atom is -0.358 e. The zero-order chi connectivity index (χ0) is 15.9. The first-order valence-electron chi connectivity index (χ1n) is 7.71. The minimum absolute atomic E-state index is 0.629. The Balaban J connectivity index is 1.82. The molecule has 0 atom stereocenters. The van der Waals surface area contributed by atoms with Gasteiger partial charge in [0.15, 0.2) is 5.11 Å². The topological polar surface area (TPSA) is 41.9 Å². The molecule has 22 heavy (non-hydrogen) atoms. The molecule has 0 unspecified atom stereocenters. The summed E-state index contributed by atoms with van der Waals surface area (Å²) in [5, 5.41) is 11.4. The van der Waals surface area contributed by atoms with E-state index in [4.69, 9.17) is 12.2 Å². The van der Waals surface area contributed by atoms with Gasteiger partial charge in [-0.15, -0.1) is 0 Å². The van der Waals surface area contributed by atoms with Crippen LogP contribution in [0.25, 0.3) is 0 Å². The highest BCUT2D eigenvalue weighted by Crippen LogP contribution is 2.12. The van der Waals surface area contributed by atoms with Gasteiger partial charge in [-0.3, -0.25) is 4.68 Å². The summed E-state index contributed by atoms with van der Waals surface area (Å²) in [7, 11) is 1.92. The van der Waals surface area contributed by atoms with Gasteiger partial charge in [0.1, 0.15) is 0 Å². The number of aryl methyl sites for hydroxylation is 3. The third kappa shape index (κ3) is 4.84. The van der Waals surface area contributed by atoms with Crippen LogP contribution in [0.5, 0.6) is 0 Å². The Labute approximate surface area is 137 Å². The van der Waals surface area contributed by atoms with Crippen molar-refractivity contribution >= 4 is 23.0 Å². The van der Waals surface area contributed by atoms with Gasteiger partial charge in [-0.05, 0) is 49.7 Å². The Morgan fingerprint density at radius 1 is 1.27 bits per heavy atom. The molecule has 2 rings (SSSR count). The molecule has 2 aromatic rings. The van der Waals surface area contributed by atoms with Crippen LogP contribution in [0.1, 0.15) is 36.6 Å². The number of nitrogens with zero attached hydrogens (tertiary/aromatic N) is 2. The Bertz CT molecular complexity index is 616. The SMILES string of the molecule is CCCCc1ccc(NC(=S)NCc2cn(C)nc2C)cc1. The first-order chi connectivity index (χ1) is 10.6. The van der Waals surface area contributed by atoms with Crippen LogP contribution >= 0.6 is 12.2 Å². The van der Waals surface area contributed by atoms with Crippen molar-refractivity contribution in [1.29, 1.82) is 0 Å². The fourth-order valence-corrected chi connectivity index (χ4v) is 2.50. The number of rotatable bonds is 6. The van der Waals surface area contributed by atoms with Gasteiger partial charge < -0.3 is 10.6 Å². The second-order valence-corrected chi connectivity index (χ2v) is 5.93. The van der Waals surface area contributed by atoms with Crippen LogP contribution in [0.3, 0.4) is 0 Å². The van der Waals surface area contributed by atoms with Gasteiger partial charge in [-0.25, -0.2) is 0 Å². The summed E-state index contributed by atoms with van der Waals surface area (Å²) in [4.78, 5) is 0. The van der Waals surface area contributed by atoms with E-state index in [-0.39, 0.29) is 0 Å². The number of anilines is 1. The predicted molar refractivity (Wildman–Crippen MR) is 96.1 cm³/mol. The number of benzene rings is 1. The van der Waals surface area contributed by atoms with Crippen molar-refractivity contribution in [2.45, 2.75) is 39.7 Å². The maximum absolute atomic E-state index is 5.34. The van der Waals surface area contributed by atoms with Crippen LogP contribution in [-0.2, 0) is 20.0 Å². The summed E-state index contributed by atoms with van der Waals surface area (Å²) in [5.41, 5.74) is 4.57. The molecule has 0 aliphatic heterocycles. The molecular weight excluding hydrogens is 292 g/mol. The zero-order valence-corrected chi connectivity index (χ0v) is 14.3. The van der Waals surface area contributed by atoms with E-state index < -0.39 is 0 Å². The molecule has 118 valence electrons. The lowest BCUT2D eigenvalue weighted by Crippen LogP contribution is -2.27. The molecule has 4 nitrogen and oxygen atoms in total. The second kappa shape index (κ2) is 7.94. The quantitative estimate of drug-likeness (QED) is 0.800. The second-order valence-electron chi connectivity index (χ2n) is 5.52. The van der Waals surface area contributed by atoms with Crippen molar-refractivity contribution in [3.8, 4) is 0 Å².